The molecular formula is C19H26N4O2S. The molecule has 140 valence electrons. The fourth-order valence-corrected chi connectivity index (χ4v) is 4.06. The van der Waals surface area contributed by atoms with Crippen molar-refractivity contribution in [2.75, 3.05) is 12.9 Å². The van der Waals surface area contributed by atoms with Crippen molar-refractivity contribution in [2.24, 2.45) is 7.05 Å². The van der Waals surface area contributed by atoms with Gasteiger partial charge < -0.3 is 14.6 Å². The van der Waals surface area contributed by atoms with E-state index < -0.39 is 0 Å². The molecule has 1 fully saturated rings. The number of methoxy groups -OCH3 is 1. The molecule has 1 aromatic heterocycles. The normalized spacial score (nSPS) is 15.0. The predicted molar refractivity (Wildman–Crippen MR) is 103 cm³/mol. The summed E-state index contributed by atoms with van der Waals surface area (Å²) in [6, 6.07) is 8.13. The first kappa shape index (κ1) is 18.8. The molecule has 1 amide bonds. The van der Waals surface area contributed by atoms with Crippen LogP contribution < -0.4 is 10.1 Å². The van der Waals surface area contributed by atoms with E-state index in [1.807, 2.05) is 35.9 Å². The topological polar surface area (TPSA) is 69.0 Å². The van der Waals surface area contributed by atoms with Crippen molar-refractivity contribution in [1.82, 2.24) is 20.1 Å². The number of nitrogens with one attached hydrogen (secondary N) is 1. The highest BCUT2D eigenvalue weighted by molar-refractivity contribution is 7.99. The summed E-state index contributed by atoms with van der Waals surface area (Å²) in [4.78, 5) is 12.1. The van der Waals surface area contributed by atoms with E-state index in [9.17, 15) is 4.79 Å². The Balaban J connectivity index is 1.50. The van der Waals surface area contributed by atoms with Crippen LogP contribution in [0.3, 0.4) is 0 Å². The van der Waals surface area contributed by atoms with Crippen molar-refractivity contribution in [3.63, 3.8) is 0 Å². The third kappa shape index (κ3) is 4.78. The second kappa shape index (κ2) is 9.07. The third-order valence-electron chi connectivity index (χ3n) is 4.71. The van der Waals surface area contributed by atoms with Crippen LogP contribution >= 0.6 is 11.8 Å². The molecule has 1 aliphatic carbocycles. The van der Waals surface area contributed by atoms with Gasteiger partial charge in [-0.2, -0.15) is 0 Å². The van der Waals surface area contributed by atoms with Gasteiger partial charge in [-0.15, -0.1) is 10.2 Å². The Hall–Kier alpha value is -2.02. The Morgan fingerprint density at radius 3 is 2.65 bits per heavy atom. The number of carbonyl (C=O) groups excluding carboxylic acids is 1. The highest BCUT2D eigenvalue weighted by atomic mass is 32.2. The maximum atomic E-state index is 12.1. The van der Waals surface area contributed by atoms with Crippen LogP contribution in [-0.4, -0.2) is 39.6 Å². The van der Waals surface area contributed by atoms with Gasteiger partial charge in [0.2, 0.25) is 5.91 Å². The summed E-state index contributed by atoms with van der Waals surface area (Å²) in [7, 11) is 3.60. The standard InChI is InChI=1S/C19H26N4O2S/c1-23-18(14-8-10-16(25-2)11-9-14)21-22-19(23)26-13-12-17(24)20-15-6-4-3-5-7-15/h8-11,15H,3-7,12-13H2,1-2H3,(H,20,24). The van der Waals surface area contributed by atoms with Gasteiger partial charge in [-0.05, 0) is 37.1 Å². The summed E-state index contributed by atoms with van der Waals surface area (Å²) in [6.07, 6.45) is 6.50. The molecule has 0 bridgehead atoms. The first-order valence-electron chi connectivity index (χ1n) is 9.13. The number of benzene rings is 1. The summed E-state index contributed by atoms with van der Waals surface area (Å²) in [5.41, 5.74) is 0.989. The van der Waals surface area contributed by atoms with Gasteiger partial charge in [0, 0.05) is 30.8 Å². The monoisotopic (exact) mass is 374 g/mol. The SMILES string of the molecule is COc1ccc(-c2nnc(SCCC(=O)NC3CCCCC3)n2C)cc1. The minimum absolute atomic E-state index is 0.141. The van der Waals surface area contributed by atoms with Crippen LogP contribution in [0.15, 0.2) is 29.4 Å². The summed E-state index contributed by atoms with van der Waals surface area (Å²) in [6.45, 7) is 0. The van der Waals surface area contributed by atoms with Gasteiger partial charge >= 0.3 is 0 Å². The molecular weight excluding hydrogens is 348 g/mol. The predicted octanol–water partition coefficient (Wildman–Crippen LogP) is 3.42. The van der Waals surface area contributed by atoms with Crippen molar-refractivity contribution in [3.8, 4) is 17.1 Å². The van der Waals surface area contributed by atoms with E-state index in [2.05, 4.69) is 15.5 Å². The average molecular weight is 375 g/mol. The molecule has 1 N–H and O–H groups in total. The van der Waals surface area contributed by atoms with E-state index in [4.69, 9.17) is 4.74 Å². The van der Waals surface area contributed by atoms with E-state index in [1.54, 1.807) is 18.9 Å². The number of amides is 1. The van der Waals surface area contributed by atoms with Crippen LogP contribution in [-0.2, 0) is 11.8 Å². The molecule has 0 aliphatic heterocycles. The van der Waals surface area contributed by atoms with Crippen LogP contribution in [0.2, 0.25) is 0 Å². The Bertz CT molecular complexity index is 724. The molecule has 0 unspecified atom stereocenters. The molecule has 1 aliphatic rings. The largest absolute Gasteiger partial charge is 0.497 e. The molecule has 7 heteroatoms. The first-order chi connectivity index (χ1) is 12.7. The van der Waals surface area contributed by atoms with E-state index in [1.165, 1.54) is 19.3 Å². The summed E-state index contributed by atoms with van der Waals surface area (Å²) < 4.78 is 7.15. The van der Waals surface area contributed by atoms with Crippen molar-refractivity contribution in [2.45, 2.75) is 49.7 Å². The molecule has 0 radical (unpaired) electrons. The fraction of sp³-hybridized carbons (Fsp3) is 0.526. The Morgan fingerprint density at radius 1 is 1.23 bits per heavy atom. The van der Waals surface area contributed by atoms with E-state index in [0.717, 1.165) is 35.1 Å². The molecule has 0 spiro atoms. The minimum Gasteiger partial charge on any atom is -0.497 e. The van der Waals surface area contributed by atoms with Gasteiger partial charge in [-0.3, -0.25) is 4.79 Å². The number of hydrogen-bond acceptors (Lipinski definition) is 5. The minimum atomic E-state index is 0.141. The number of aromatic nitrogens is 3. The number of carbonyl (C=O) groups is 1. The quantitative estimate of drug-likeness (QED) is 0.752. The zero-order valence-corrected chi connectivity index (χ0v) is 16.2. The number of thioether (sulfide) groups is 1. The lowest BCUT2D eigenvalue weighted by Gasteiger charge is -2.22. The van der Waals surface area contributed by atoms with Crippen molar-refractivity contribution >= 4 is 17.7 Å². The van der Waals surface area contributed by atoms with Crippen LogP contribution in [0.5, 0.6) is 5.75 Å². The number of ether oxygens (including phenoxy) is 1. The molecule has 1 aromatic carbocycles. The smallest absolute Gasteiger partial charge is 0.221 e. The molecule has 0 atom stereocenters. The molecule has 0 saturated heterocycles. The second-order valence-electron chi connectivity index (χ2n) is 6.59. The molecule has 26 heavy (non-hydrogen) atoms. The van der Waals surface area contributed by atoms with E-state index >= 15 is 0 Å². The van der Waals surface area contributed by atoms with Crippen molar-refractivity contribution < 1.29 is 9.53 Å². The average Bonchev–Trinajstić information content (AvgIpc) is 3.03. The lowest BCUT2D eigenvalue weighted by atomic mass is 9.95. The van der Waals surface area contributed by atoms with Gasteiger partial charge in [0.25, 0.3) is 0 Å². The van der Waals surface area contributed by atoms with Gasteiger partial charge in [0.1, 0.15) is 5.75 Å². The van der Waals surface area contributed by atoms with Gasteiger partial charge in [0.15, 0.2) is 11.0 Å². The number of rotatable bonds is 7. The number of nitrogens with zero attached hydrogens (tertiary/aromatic N) is 3. The summed E-state index contributed by atoms with van der Waals surface area (Å²) in [5.74, 6) is 2.46. The Labute approximate surface area is 158 Å². The fourth-order valence-electron chi connectivity index (χ4n) is 3.21. The van der Waals surface area contributed by atoms with Crippen molar-refractivity contribution in [3.05, 3.63) is 24.3 Å². The van der Waals surface area contributed by atoms with Crippen LogP contribution in [0, 0.1) is 0 Å². The highest BCUT2D eigenvalue weighted by Gasteiger charge is 2.16. The lowest BCUT2D eigenvalue weighted by molar-refractivity contribution is -0.121. The molecule has 1 saturated carbocycles. The van der Waals surface area contributed by atoms with Crippen LogP contribution in [0.25, 0.3) is 11.4 Å². The lowest BCUT2D eigenvalue weighted by Crippen LogP contribution is -2.36. The maximum absolute atomic E-state index is 12.1. The van der Waals surface area contributed by atoms with E-state index in [-0.39, 0.29) is 5.91 Å². The van der Waals surface area contributed by atoms with E-state index in [0.29, 0.717) is 18.2 Å². The van der Waals surface area contributed by atoms with Crippen molar-refractivity contribution in [1.29, 1.82) is 0 Å². The summed E-state index contributed by atoms with van der Waals surface area (Å²) >= 11 is 1.56. The first-order valence-corrected chi connectivity index (χ1v) is 10.1. The second-order valence-corrected chi connectivity index (χ2v) is 7.66. The molecule has 1 heterocycles. The zero-order chi connectivity index (χ0) is 18.4. The molecule has 2 aromatic rings. The zero-order valence-electron chi connectivity index (χ0n) is 15.4. The third-order valence-corrected chi connectivity index (χ3v) is 5.74. The molecule has 6 nitrogen and oxygen atoms in total. The van der Waals surface area contributed by atoms with Crippen LogP contribution in [0.4, 0.5) is 0 Å². The molecule has 3 rings (SSSR count). The highest BCUT2D eigenvalue weighted by Crippen LogP contribution is 2.25. The Morgan fingerprint density at radius 2 is 1.96 bits per heavy atom. The summed E-state index contributed by atoms with van der Waals surface area (Å²) in [5, 5.41) is 12.5. The Kier molecular flexibility index (Phi) is 6.55. The van der Waals surface area contributed by atoms with Gasteiger partial charge in [0.05, 0.1) is 7.11 Å². The number of hydrogen-bond donors (Lipinski definition) is 1. The van der Waals surface area contributed by atoms with Crippen LogP contribution in [0.1, 0.15) is 38.5 Å². The van der Waals surface area contributed by atoms with Gasteiger partial charge in [-0.25, -0.2) is 0 Å². The maximum Gasteiger partial charge on any atom is 0.221 e. The van der Waals surface area contributed by atoms with Gasteiger partial charge in [-0.1, -0.05) is 31.0 Å².